The fourth-order valence-electron chi connectivity index (χ4n) is 6.07. The Morgan fingerprint density at radius 2 is 2.03 bits per heavy atom. The molecule has 1 aliphatic heterocycles. The van der Waals surface area contributed by atoms with Gasteiger partial charge in [0.15, 0.2) is 5.82 Å². The third-order valence-corrected chi connectivity index (χ3v) is 7.87. The molecule has 2 heterocycles. The Kier molecular flexibility index (Phi) is 5.81. The zero-order valence-electron chi connectivity index (χ0n) is 21.1. The van der Waals surface area contributed by atoms with Crippen LogP contribution in [0.2, 0.25) is 0 Å². The second-order valence-corrected chi connectivity index (χ2v) is 10.6. The van der Waals surface area contributed by atoms with Gasteiger partial charge in [0.05, 0.1) is 24.4 Å². The third kappa shape index (κ3) is 4.06. The molecule has 1 aromatic heterocycles. The van der Waals surface area contributed by atoms with Crippen molar-refractivity contribution in [3.05, 3.63) is 30.0 Å². The zero-order chi connectivity index (χ0) is 24.9. The quantitative estimate of drug-likeness (QED) is 0.677. The predicted molar refractivity (Wildman–Crippen MR) is 135 cm³/mol. The molecule has 2 aliphatic carbocycles. The highest BCUT2D eigenvalue weighted by atomic mass is 16.5. The van der Waals surface area contributed by atoms with Crippen LogP contribution in [-0.2, 0) is 4.79 Å². The molecular weight excluding hydrogens is 444 g/mol. The van der Waals surface area contributed by atoms with E-state index >= 15 is 0 Å². The molecule has 2 N–H and O–H groups in total. The summed E-state index contributed by atoms with van der Waals surface area (Å²) in [6, 6.07) is 5.57. The fourth-order valence-corrected chi connectivity index (χ4v) is 6.07. The number of aromatic nitrogens is 2. The topological polar surface area (TPSA) is 99.7 Å². The number of rotatable bonds is 5. The van der Waals surface area contributed by atoms with Gasteiger partial charge in [-0.3, -0.25) is 9.59 Å². The number of ether oxygens (including phenoxy) is 1. The molecule has 2 saturated carbocycles. The Morgan fingerprint density at radius 1 is 1.23 bits per heavy atom. The number of fused-ring (bicyclic) bond motifs is 3. The number of nitrogens with one attached hydrogen (secondary N) is 2. The van der Waals surface area contributed by atoms with E-state index in [0.29, 0.717) is 41.5 Å². The van der Waals surface area contributed by atoms with Crippen LogP contribution in [-0.4, -0.2) is 55.6 Å². The first-order valence-electron chi connectivity index (χ1n) is 12.3. The summed E-state index contributed by atoms with van der Waals surface area (Å²) in [6.07, 6.45) is 6.71. The highest BCUT2D eigenvalue weighted by molar-refractivity contribution is 6.01. The Bertz CT molecular complexity index is 1170. The second kappa shape index (κ2) is 8.70. The molecule has 0 radical (unpaired) electrons. The maximum absolute atomic E-state index is 13.3. The van der Waals surface area contributed by atoms with Gasteiger partial charge in [0.1, 0.15) is 11.4 Å². The molecule has 5 rings (SSSR count). The molecule has 1 aromatic carbocycles. The van der Waals surface area contributed by atoms with Crippen molar-refractivity contribution in [2.45, 2.75) is 45.6 Å². The van der Waals surface area contributed by atoms with Gasteiger partial charge in [-0.25, -0.2) is 4.98 Å². The molecule has 2 amide bonds. The number of anilines is 4. The maximum Gasteiger partial charge on any atom is 0.251 e. The average molecular weight is 479 g/mol. The highest BCUT2D eigenvalue weighted by Crippen LogP contribution is 2.50. The van der Waals surface area contributed by atoms with Crippen molar-refractivity contribution in [3.8, 4) is 5.75 Å². The van der Waals surface area contributed by atoms with E-state index in [-0.39, 0.29) is 11.8 Å². The zero-order valence-corrected chi connectivity index (χ0v) is 21.1. The van der Waals surface area contributed by atoms with Crippen LogP contribution < -0.4 is 25.2 Å². The highest BCUT2D eigenvalue weighted by Gasteiger charge is 2.47. The molecule has 3 aliphatic rings. The minimum atomic E-state index is -0.538. The van der Waals surface area contributed by atoms with Crippen molar-refractivity contribution < 1.29 is 14.3 Å². The minimum absolute atomic E-state index is 0.0696. The van der Waals surface area contributed by atoms with Crippen molar-refractivity contribution in [2.24, 2.45) is 17.3 Å². The van der Waals surface area contributed by atoms with Crippen LogP contribution in [0.15, 0.2) is 24.4 Å². The van der Waals surface area contributed by atoms with Crippen LogP contribution in [0, 0.1) is 17.3 Å². The lowest BCUT2D eigenvalue weighted by atomic mass is 9.88. The monoisotopic (exact) mass is 478 g/mol. The maximum atomic E-state index is 13.3. The van der Waals surface area contributed by atoms with E-state index in [9.17, 15) is 9.59 Å². The summed E-state index contributed by atoms with van der Waals surface area (Å²) < 4.78 is 5.52. The van der Waals surface area contributed by atoms with E-state index in [2.05, 4.69) is 20.5 Å². The van der Waals surface area contributed by atoms with Gasteiger partial charge in [0.25, 0.3) is 5.91 Å². The SMILES string of the molecule is CNC(=O)c1ccc(Nc2ncc3c(n2)N(C2CC4CCC2C4)CC(C)(C)C(=O)N3C)c(OC)c1. The standard InChI is InChI=1S/C26H34N6O3/c1-26(2)14-32(19-11-15-6-7-16(19)10-15)22-20(31(4)24(26)34)13-28-25(30-22)29-18-9-8-17(23(33)27-3)12-21(18)35-5/h8-9,12-13,15-16,19H,6-7,10-11,14H2,1-5H3,(H,27,33)(H,28,29,30). The first kappa shape index (κ1) is 23.4. The number of carbonyl (C=O) groups excluding carboxylic acids is 2. The van der Waals surface area contributed by atoms with E-state index in [1.54, 1.807) is 43.5 Å². The van der Waals surface area contributed by atoms with E-state index in [1.807, 2.05) is 20.9 Å². The van der Waals surface area contributed by atoms with Crippen LogP contribution in [0.5, 0.6) is 5.75 Å². The lowest BCUT2D eigenvalue weighted by Crippen LogP contribution is -2.47. The molecule has 3 unspecified atom stereocenters. The van der Waals surface area contributed by atoms with Crippen LogP contribution >= 0.6 is 0 Å². The summed E-state index contributed by atoms with van der Waals surface area (Å²) in [5, 5.41) is 5.88. The summed E-state index contributed by atoms with van der Waals surface area (Å²) in [6.45, 7) is 4.66. The van der Waals surface area contributed by atoms with Crippen molar-refractivity contribution >= 4 is 35.0 Å². The average Bonchev–Trinajstić information content (AvgIpc) is 3.48. The van der Waals surface area contributed by atoms with E-state index < -0.39 is 5.41 Å². The molecule has 35 heavy (non-hydrogen) atoms. The van der Waals surface area contributed by atoms with Crippen LogP contribution in [0.1, 0.15) is 49.9 Å². The van der Waals surface area contributed by atoms with Gasteiger partial charge in [0, 0.05) is 32.2 Å². The van der Waals surface area contributed by atoms with E-state index in [0.717, 1.165) is 23.8 Å². The predicted octanol–water partition coefficient (Wildman–Crippen LogP) is 3.59. The number of methoxy groups -OCH3 is 1. The van der Waals surface area contributed by atoms with Crippen molar-refractivity contribution in [2.75, 3.05) is 42.9 Å². The van der Waals surface area contributed by atoms with Crippen molar-refractivity contribution in [3.63, 3.8) is 0 Å². The fraction of sp³-hybridized carbons (Fsp3) is 0.538. The van der Waals surface area contributed by atoms with Gasteiger partial charge < -0.3 is 25.2 Å². The molecule has 0 spiro atoms. The van der Waals surface area contributed by atoms with Gasteiger partial charge in [0.2, 0.25) is 11.9 Å². The lowest BCUT2D eigenvalue weighted by Gasteiger charge is -2.38. The smallest absolute Gasteiger partial charge is 0.251 e. The summed E-state index contributed by atoms with van der Waals surface area (Å²) in [4.78, 5) is 38.9. The Labute approximate surface area is 206 Å². The van der Waals surface area contributed by atoms with Crippen LogP contribution in [0.25, 0.3) is 0 Å². The number of hydrogen-bond donors (Lipinski definition) is 2. The van der Waals surface area contributed by atoms with E-state index in [1.165, 1.54) is 19.3 Å². The van der Waals surface area contributed by atoms with Gasteiger partial charge in [-0.05, 0) is 63.1 Å². The molecule has 2 bridgehead atoms. The number of carbonyl (C=O) groups is 2. The van der Waals surface area contributed by atoms with Gasteiger partial charge in [-0.15, -0.1) is 0 Å². The second-order valence-electron chi connectivity index (χ2n) is 10.6. The van der Waals surface area contributed by atoms with Crippen LogP contribution in [0.3, 0.4) is 0 Å². The molecule has 0 saturated heterocycles. The number of amides is 2. The molecule has 3 atom stereocenters. The summed E-state index contributed by atoms with van der Waals surface area (Å²) in [5.74, 6) is 3.03. The molecule has 2 fully saturated rings. The number of hydrogen-bond acceptors (Lipinski definition) is 7. The molecule has 9 heteroatoms. The molecule has 186 valence electrons. The first-order valence-corrected chi connectivity index (χ1v) is 12.3. The summed E-state index contributed by atoms with van der Waals surface area (Å²) in [5.41, 5.74) is 1.35. The van der Waals surface area contributed by atoms with Gasteiger partial charge in [-0.1, -0.05) is 6.42 Å². The number of nitrogens with zero attached hydrogens (tertiary/aromatic N) is 4. The van der Waals surface area contributed by atoms with Gasteiger partial charge in [-0.2, -0.15) is 4.98 Å². The van der Waals surface area contributed by atoms with Gasteiger partial charge >= 0.3 is 0 Å². The molecule has 2 aromatic rings. The number of benzene rings is 1. The minimum Gasteiger partial charge on any atom is -0.495 e. The summed E-state index contributed by atoms with van der Waals surface area (Å²) >= 11 is 0. The third-order valence-electron chi connectivity index (χ3n) is 7.87. The Morgan fingerprint density at radius 3 is 2.69 bits per heavy atom. The Hall–Kier alpha value is -3.36. The lowest BCUT2D eigenvalue weighted by molar-refractivity contribution is -0.125. The van der Waals surface area contributed by atoms with Crippen molar-refractivity contribution in [1.82, 2.24) is 15.3 Å². The van der Waals surface area contributed by atoms with E-state index in [4.69, 9.17) is 9.72 Å². The normalized spacial score (nSPS) is 24.7. The first-order chi connectivity index (χ1) is 16.7. The largest absolute Gasteiger partial charge is 0.495 e. The van der Waals surface area contributed by atoms with Crippen molar-refractivity contribution in [1.29, 1.82) is 0 Å². The van der Waals surface area contributed by atoms with Crippen LogP contribution in [0.4, 0.5) is 23.1 Å². The molecular formula is C26H34N6O3. The Balaban J connectivity index is 1.52. The molecule has 9 nitrogen and oxygen atoms in total. The summed E-state index contributed by atoms with van der Waals surface area (Å²) in [7, 11) is 4.96.